The molecule has 0 bridgehead atoms. The second-order valence-corrected chi connectivity index (χ2v) is 7.11. The van der Waals surface area contributed by atoms with E-state index in [4.69, 9.17) is 0 Å². The first-order valence-corrected chi connectivity index (χ1v) is 9.64. The monoisotopic (exact) mass is 373 g/mol. The van der Waals surface area contributed by atoms with Gasteiger partial charge in [0.25, 0.3) is 0 Å². The number of aromatic amines is 1. The summed E-state index contributed by atoms with van der Waals surface area (Å²) < 4.78 is 13.4. The molecule has 2 heterocycles. The Morgan fingerprint density at radius 3 is 2.88 bits per heavy atom. The normalized spacial score (nSPS) is 11.9. The van der Waals surface area contributed by atoms with E-state index in [0.717, 1.165) is 60.5 Å². The Morgan fingerprint density at radius 2 is 2.12 bits per heavy atom. The molecule has 0 saturated carbocycles. The fraction of sp³-hybridized carbons (Fsp3) is 0.368. The number of fused-ring (bicyclic) bond motifs is 1. The summed E-state index contributed by atoms with van der Waals surface area (Å²) in [4.78, 5) is 11.9. The third-order valence-corrected chi connectivity index (χ3v) is 5.19. The smallest absolute Gasteiger partial charge is 0.190 e. The second-order valence-electron chi connectivity index (χ2n) is 6.17. The largest absolute Gasteiger partial charge is 0.361 e. The summed E-state index contributed by atoms with van der Waals surface area (Å²) in [5.41, 5.74) is 3.15. The maximum absolute atomic E-state index is 13.4. The van der Waals surface area contributed by atoms with Crippen LogP contribution in [0.4, 0.5) is 4.39 Å². The first-order chi connectivity index (χ1) is 12.7. The first-order valence-electron chi connectivity index (χ1n) is 8.77. The van der Waals surface area contributed by atoms with Gasteiger partial charge in [0.1, 0.15) is 5.82 Å². The van der Waals surface area contributed by atoms with Gasteiger partial charge in [0.15, 0.2) is 5.96 Å². The lowest BCUT2D eigenvalue weighted by Crippen LogP contribution is -2.38. The lowest BCUT2D eigenvalue weighted by atomic mass is 10.1. The Kier molecular flexibility index (Phi) is 6.22. The third kappa shape index (κ3) is 4.82. The van der Waals surface area contributed by atoms with Crippen LogP contribution in [-0.2, 0) is 12.8 Å². The third-order valence-electron chi connectivity index (χ3n) is 4.17. The molecular formula is C19H24FN5S. The topological polar surface area (TPSA) is 65.1 Å². The average molecular weight is 374 g/mol. The molecule has 7 heteroatoms. The average Bonchev–Trinajstić information content (AvgIpc) is 3.23. The lowest BCUT2D eigenvalue weighted by Gasteiger charge is -2.11. The molecule has 3 N–H and O–H groups in total. The number of benzene rings is 1. The van der Waals surface area contributed by atoms with E-state index in [0.29, 0.717) is 0 Å². The highest BCUT2D eigenvalue weighted by atomic mass is 32.1. The Bertz CT molecular complexity index is 883. The number of aryl methyl sites for hydroxylation is 2. The zero-order valence-corrected chi connectivity index (χ0v) is 15.9. The molecule has 3 aromatic rings. The van der Waals surface area contributed by atoms with Crippen LogP contribution < -0.4 is 10.6 Å². The Morgan fingerprint density at radius 1 is 1.27 bits per heavy atom. The number of hydrogen-bond acceptors (Lipinski definition) is 3. The summed E-state index contributed by atoms with van der Waals surface area (Å²) in [7, 11) is 1.76. The predicted octanol–water partition coefficient (Wildman–Crippen LogP) is 3.41. The van der Waals surface area contributed by atoms with E-state index >= 15 is 0 Å². The molecular weight excluding hydrogens is 349 g/mol. The lowest BCUT2D eigenvalue weighted by molar-refractivity contribution is 0.629. The number of nitrogens with one attached hydrogen (secondary N) is 3. The van der Waals surface area contributed by atoms with Crippen molar-refractivity contribution in [3.63, 3.8) is 0 Å². The van der Waals surface area contributed by atoms with Gasteiger partial charge in [-0.05, 0) is 43.5 Å². The van der Waals surface area contributed by atoms with Crippen LogP contribution in [0.15, 0.2) is 34.8 Å². The van der Waals surface area contributed by atoms with Crippen molar-refractivity contribution >= 4 is 28.2 Å². The van der Waals surface area contributed by atoms with Crippen LogP contribution in [0, 0.1) is 12.7 Å². The minimum absolute atomic E-state index is 0.209. The molecule has 138 valence electrons. The van der Waals surface area contributed by atoms with Gasteiger partial charge >= 0.3 is 0 Å². The number of thiazole rings is 1. The van der Waals surface area contributed by atoms with Crippen LogP contribution in [0.5, 0.6) is 0 Å². The van der Waals surface area contributed by atoms with Crippen LogP contribution >= 0.6 is 11.3 Å². The SMILES string of the molecule is CN=C(NCCCc1nc(C)cs1)NCCc1c[nH]c2ccc(F)cc12. The predicted molar refractivity (Wildman–Crippen MR) is 106 cm³/mol. The molecule has 0 atom stereocenters. The molecule has 0 aliphatic carbocycles. The number of halogens is 1. The standard InChI is InChI=1S/C19H24FN5S/c1-13-12-26-18(25-13)4-3-8-22-19(21-2)23-9-7-14-11-24-17-6-5-15(20)10-16(14)17/h5-6,10-12,24H,3-4,7-9H2,1-2H3,(H2,21,22,23). The second kappa shape index (κ2) is 8.80. The number of nitrogens with zero attached hydrogens (tertiary/aromatic N) is 2. The van der Waals surface area contributed by atoms with Gasteiger partial charge in [0.2, 0.25) is 0 Å². The van der Waals surface area contributed by atoms with Crippen LogP contribution in [0.1, 0.15) is 22.7 Å². The number of guanidine groups is 1. The van der Waals surface area contributed by atoms with Crippen molar-refractivity contribution in [1.82, 2.24) is 20.6 Å². The summed E-state index contributed by atoms with van der Waals surface area (Å²) in [6, 6.07) is 4.82. The van der Waals surface area contributed by atoms with Gasteiger partial charge < -0.3 is 15.6 Å². The molecule has 0 aliphatic heterocycles. The van der Waals surface area contributed by atoms with Crippen LogP contribution in [-0.4, -0.2) is 36.1 Å². The molecule has 0 fully saturated rings. The highest BCUT2D eigenvalue weighted by Crippen LogP contribution is 2.19. The Labute approximate surface area is 156 Å². The molecule has 2 aromatic heterocycles. The van der Waals surface area contributed by atoms with Crippen molar-refractivity contribution in [2.24, 2.45) is 4.99 Å². The molecule has 0 amide bonds. The number of aromatic nitrogens is 2. The minimum Gasteiger partial charge on any atom is -0.361 e. The molecule has 0 spiro atoms. The van der Waals surface area contributed by atoms with Gasteiger partial charge in [-0.25, -0.2) is 9.37 Å². The maximum atomic E-state index is 13.4. The van der Waals surface area contributed by atoms with Crippen molar-refractivity contribution in [3.05, 3.63) is 51.9 Å². The fourth-order valence-electron chi connectivity index (χ4n) is 2.86. The Balaban J connectivity index is 1.41. The highest BCUT2D eigenvalue weighted by Gasteiger charge is 2.05. The summed E-state index contributed by atoms with van der Waals surface area (Å²) in [6.07, 6.45) is 4.72. The van der Waals surface area contributed by atoms with Crippen molar-refractivity contribution < 1.29 is 4.39 Å². The van der Waals surface area contributed by atoms with Gasteiger partial charge in [0.05, 0.1) is 5.01 Å². The minimum atomic E-state index is -0.209. The van der Waals surface area contributed by atoms with Crippen LogP contribution in [0.3, 0.4) is 0 Å². The zero-order chi connectivity index (χ0) is 18.4. The van der Waals surface area contributed by atoms with Crippen molar-refractivity contribution in [1.29, 1.82) is 0 Å². The Hall–Kier alpha value is -2.41. The van der Waals surface area contributed by atoms with E-state index in [9.17, 15) is 4.39 Å². The summed E-state index contributed by atoms with van der Waals surface area (Å²) in [5.74, 6) is 0.575. The van der Waals surface area contributed by atoms with Crippen molar-refractivity contribution in [2.75, 3.05) is 20.1 Å². The van der Waals surface area contributed by atoms with Crippen LogP contribution in [0.25, 0.3) is 10.9 Å². The molecule has 0 aliphatic rings. The van der Waals surface area contributed by atoms with Gasteiger partial charge in [-0.1, -0.05) is 0 Å². The zero-order valence-electron chi connectivity index (χ0n) is 15.1. The first kappa shape index (κ1) is 18.4. The number of hydrogen-bond donors (Lipinski definition) is 3. The van der Waals surface area contributed by atoms with E-state index in [2.05, 4.69) is 31.0 Å². The molecule has 1 aromatic carbocycles. The molecule has 0 unspecified atom stereocenters. The maximum Gasteiger partial charge on any atom is 0.190 e. The summed E-state index contributed by atoms with van der Waals surface area (Å²) in [6.45, 7) is 3.59. The fourth-order valence-corrected chi connectivity index (χ4v) is 3.68. The van der Waals surface area contributed by atoms with Crippen LogP contribution in [0.2, 0.25) is 0 Å². The molecule has 0 saturated heterocycles. The summed E-state index contributed by atoms with van der Waals surface area (Å²) >= 11 is 1.71. The van der Waals surface area contributed by atoms with E-state index in [1.165, 1.54) is 11.1 Å². The van der Waals surface area contributed by atoms with Crippen molar-refractivity contribution in [3.8, 4) is 0 Å². The molecule has 26 heavy (non-hydrogen) atoms. The highest BCUT2D eigenvalue weighted by molar-refractivity contribution is 7.09. The van der Waals surface area contributed by atoms with E-state index in [1.54, 1.807) is 30.5 Å². The van der Waals surface area contributed by atoms with Gasteiger partial charge in [0, 0.05) is 54.7 Å². The van der Waals surface area contributed by atoms with E-state index < -0.39 is 0 Å². The van der Waals surface area contributed by atoms with Gasteiger partial charge in [-0.3, -0.25) is 4.99 Å². The molecule has 0 radical (unpaired) electrons. The van der Waals surface area contributed by atoms with Crippen molar-refractivity contribution in [2.45, 2.75) is 26.2 Å². The number of H-pyrrole nitrogens is 1. The van der Waals surface area contributed by atoms with E-state index in [-0.39, 0.29) is 5.82 Å². The quantitative estimate of drug-likeness (QED) is 0.338. The number of aliphatic imine (C=N–C) groups is 1. The van der Waals surface area contributed by atoms with E-state index in [1.807, 2.05) is 13.1 Å². The molecule has 3 rings (SSSR count). The summed E-state index contributed by atoms with van der Waals surface area (Å²) in [5, 5.41) is 10.8. The molecule has 5 nitrogen and oxygen atoms in total. The number of rotatable bonds is 7. The van der Waals surface area contributed by atoms with Gasteiger partial charge in [-0.15, -0.1) is 11.3 Å². The van der Waals surface area contributed by atoms with Gasteiger partial charge in [-0.2, -0.15) is 0 Å².